The summed E-state index contributed by atoms with van der Waals surface area (Å²) in [5.41, 5.74) is 10.4. The van der Waals surface area contributed by atoms with Crippen molar-refractivity contribution < 1.29 is 0 Å². The molecule has 0 radical (unpaired) electrons. The lowest BCUT2D eigenvalue weighted by Gasteiger charge is -2.13. The lowest BCUT2D eigenvalue weighted by Crippen LogP contribution is -2.02. The molecule has 4 heterocycles. The number of nitrogens with zero attached hydrogens (tertiary/aromatic N) is 3. The molecule has 1 aliphatic rings. The van der Waals surface area contributed by atoms with Gasteiger partial charge in [-0.05, 0) is 66.1 Å². The molecule has 0 unspecified atom stereocenters. The zero-order valence-corrected chi connectivity index (χ0v) is 29.0. The molecular weight excluding hydrogens is 651 g/mol. The summed E-state index contributed by atoms with van der Waals surface area (Å²) in [5.74, 6) is 0.927. The number of aliphatic imine (C=N–C) groups is 1. The summed E-state index contributed by atoms with van der Waals surface area (Å²) in [7, 11) is 0. The number of hydrogen-bond donors (Lipinski definition) is 0. The standard InChI is InChI=1S/C48H31N3S/c1-3-14-31(15-4-1)40-30-32(34-21-13-25-44-46(34)39-20-9-12-24-43(39)52-44)26-29-45(49-40)51-42-23-11-8-19-36(42)38-28-27-37-35-18-7-10-22-41(35)50(47(37)48(38)51)33-16-5-2-6-17-33/h1-25,27-30H,26H2. The lowest BCUT2D eigenvalue weighted by molar-refractivity contribution is 1.14. The van der Waals surface area contributed by atoms with Gasteiger partial charge < -0.3 is 4.57 Å². The third kappa shape index (κ3) is 4.35. The van der Waals surface area contributed by atoms with Gasteiger partial charge in [-0.3, -0.25) is 4.57 Å². The Hall–Kier alpha value is -6.49. The number of hydrogen-bond acceptors (Lipinski definition) is 2. The third-order valence-electron chi connectivity index (χ3n) is 10.6. The molecule has 0 aliphatic carbocycles. The molecule has 0 fully saturated rings. The summed E-state index contributed by atoms with van der Waals surface area (Å²) < 4.78 is 7.49. The molecule has 1 aliphatic heterocycles. The van der Waals surface area contributed by atoms with E-state index in [1.165, 1.54) is 63.9 Å². The van der Waals surface area contributed by atoms with Crippen LogP contribution >= 0.6 is 11.3 Å². The molecule has 0 N–H and O–H groups in total. The highest BCUT2D eigenvalue weighted by atomic mass is 32.1. The van der Waals surface area contributed by atoms with Gasteiger partial charge in [-0.2, -0.15) is 0 Å². The zero-order chi connectivity index (χ0) is 34.2. The Bertz CT molecular complexity index is 3130. The van der Waals surface area contributed by atoms with E-state index in [2.05, 4.69) is 185 Å². The van der Waals surface area contributed by atoms with E-state index in [9.17, 15) is 0 Å². The molecule has 0 saturated carbocycles. The van der Waals surface area contributed by atoms with E-state index in [0.29, 0.717) is 0 Å². The topological polar surface area (TPSA) is 22.2 Å². The minimum absolute atomic E-state index is 0.740. The summed E-state index contributed by atoms with van der Waals surface area (Å²) in [5, 5.41) is 7.53. The number of allylic oxidation sites excluding steroid dienone is 3. The molecule has 0 bridgehead atoms. The number of fused-ring (bicyclic) bond motifs is 10. The number of rotatable bonds is 4. The second-order valence-corrected chi connectivity index (χ2v) is 14.6. The molecule has 0 atom stereocenters. The Balaban J connectivity index is 1.23. The summed E-state index contributed by atoms with van der Waals surface area (Å²) in [6.45, 7) is 0. The maximum absolute atomic E-state index is 5.62. The molecule has 0 amide bonds. The second-order valence-electron chi connectivity index (χ2n) is 13.5. The van der Waals surface area contributed by atoms with Gasteiger partial charge in [-0.15, -0.1) is 11.3 Å². The van der Waals surface area contributed by atoms with Crippen LogP contribution in [0.1, 0.15) is 17.5 Å². The first-order chi connectivity index (χ1) is 25.8. The fourth-order valence-corrected chi connectivity index (χ4v) is 9.47. The van der Waals surface area contributed by atoms with E-state index in [4.69, 9.17) is 4.99 Å². The summed E-state index contributed by atoms with van der Waals surface area (Å²) in [6.07, 6.45) is 5.41. The van der Waals surface area contributed by atoms with Crippen LogP contribution in [0.15, 0.2) is 181 Å². The van der Waals surface area contributed by atoms with Crippen molar-refractivity contribution in [3.05, 3.63) is 187 Å². The predicted molar refractivity (Wildman–Crippen MR) is 223 cm³/mol. The quantitative estimate of drug-likeness (QED) is 0.176. The van der Waals surface area contributed by atoms with Gasteiger partial charge in [-0.25, -0.2) is 4.99 Å². The Morgan fingerprint density at radius 3 is 1.83 bits per heavy atom. The normalized spacial score (nSPS) is 13.7. The van der Waals surface area contributed by atoms with Crippen molar-refractivity contribution >= 4 is 92.2 Å². The molecule has 3 aromatic heterocycles. The maximum atomic E-state index is 5.62. The average Bonchev–Trinajstić information content (AvgIpc) is 3.81. The van der Waals surface area contributed by atoms with Gasteiger partial charge in [0.05, 0.1) is 27.8 Å². The summed E-state index contributed by atoms with van der Waals surface area (Å²) in [4.78, 5) is 5.62. The van der Waals surface area contributed by atoms with Crippen molar-refractivity contribution in [3.63, 3.8) is 0 Å². The Morgan fingerprint density at radius 2 is 1.08 bits per heavy atom. The van der Waals surface area contributed by atoms with E-state index in [1.807, 2.05) is 11.3 Å². The van der Waals surface area contributed by atoms with Crippen molar-refractivity contribution in [2.75, 3.05) is 0 Å². The Kier molecular flexibility index (Phi) is 6.48. The molecule has 7 aromatic carbocycles. The highest BCUT2D eigenvalue weighted by Gasteiger charge is 2.23. The van der Waals surface area contributed by atoms with Gasteiger partial charge in [0.25, 0.3) is 0 Å². The second kappa shape index (κ2) is 11.5. The monoisotopic (exact) mass is 681 g/mol. The van der Waals surface area contributed by atoms with Gasteiger partial charge in [0, 0.05) is 53.0 Å². The number of aromatic nitrogens is 2. The van der Waals surface area contributed by atoms with Crippen LogP contribution in [0.25, 0.3) is 80.9 Å². The Labute approximate surface area is 304 Å². The summed E-state index contributed by atoms with van der Waals surface area (Å²) in [6, 6.07) is 59.1. The van der Waals surface area contributed by atoms with Gasteiger partial charge in [0.1, 0.15) is 5.82 Å². The van der Waals surface area contributed by atoms with E-state index < -0.39 is 0 Å². The molecule has 52 heavy (non-hydrogen) atoms. The van der Waals surface area contributed by atoms with E-state index in [-0.39, 0.29) is 0 Å². The zero-order valence-electron chi connectivity index (χ0n) is 28.2. The van der Waals surface area contributed by atoms with Crippen LogP contribution in [0.5, 0.6) is 0 Å². The molecule has 3 nitrogen and oxygen atoms in total. The predicted octanol–water partition coefficient (Wildman–Crippen LogP) is 13.0. The van der Waals surface area contributed by atoms with E-state index >= 15 is 0 Å². The third-order valence-corrected chi connectivity index (χ3v) is 11.7. The lowest BCUT2D eigenvalue weighted by atomic mass is 9.95. The average molecular weight is 682 g/mol. The summed E-state index contributed by atoms with van der Waals surface area (Å²) >= 11 is 1.87. The molecule has 10 aromatic rings. The highest BCUT2D eigenvalue weighted by Crippen LogP contribution is 2.43. The van der Waals surface area contributed by atoms with Crippen LogP contribution in [0.3, 0.4) is 0 Å². The van der Waals surface area contributed by atoms with Crippen molar-refractivity contribution in [1.29, 1.82) is 0 Å². The molecule has 4 heteroatoms. The van der Waals surface area contributed by atoms with Crippen LogP contribution in [-0.2, 0) is 0 Å². The minimum atomic E-state index is 0.740. The van der Waals surface area contributed by atoms with Gasteiger partial charge in [0.2, 0.25) is 0 Å². The molecular formula is C48H31N3S. The van der Waals surface area contributed by atoms with Crippen molar-refractivity contribution in [1.82, 2.24) is 9.13 Å². The fourth-order valence-electron chi connectivity index (χ4n) is 8.34. The van der Waals surface area contributed by atoms with Gasteiger partial charge in [0.15, 0.2) is 0 Å². The first-order valence-electron chi connectivity index (χ1n) is 17.8. The minimum Gasteiger partial charge on any atom is -0.307 e. The van der Waals surface area contributed by atoms with Crippen LogP contribution in [-0.4, -0.2) is 14.8 Å². The van der Waals surface area contributed by atoms with Crippen LogP contribution in [0, 0.1) is 0 Å². The van der Waals surface area contributed by atoms with Crippen LogP contribution < -0.4 is 0 Å². The fraction of sp³-hybridized carbons (Fsp3) is 0.0208. The van der Waals surface area contributed by atoms with E-state index in [0.717, 1.165) is 40.2 Å². The van der Waals surface area contributed by atoms with Crippen LogP contribution in [0.4, 0.5) is 0 Å². The SMILES string of the molecule is C1=C(c2cccc3sc4ccccc4c23)CC=C(n2c3ccccc3c3ccc4c5ccccc5n(-c5ccccc5)c4c32)N=C1c1ccccc1. The number of benzene rings is 7. The first-order valence-corrected chi connectivity index (χ1v) is 18.6. The first kappa shape index (κ1) is 29.3. The van der Waals surface area contributed by atoms with Crippen LogP contribution in [0.2, 0.25) is 0 Å². The molecule has 0 saturated heterocycles. The molecule has 11 rings (SSSR count). The smallest absolute Gasteiger partial charge is 0.134 e. The van der Waals surface area contributed by atoms with Gasteiger partial charge >= 0.3 is 0 Å². The van der Waals surface area contributed by atoms with Crippen molar-refractivity contribution in [3.8, 4) is 5.69 Å². The maximum Gasteiger partial charge on any atom is 0.134 e. The number of thiophene rings is 1. The number of para-hydroxylation sites is 3. The highest BCUT2D eigenvalue weighted by molar-refractivity contribution is 7.25. The Morgan fingerprint density at radius 1 is 0.481 bits per heavy atom. The molecule has 0 spiro atoms. The molecule has 244 valence electrons. The van der Waals surface area contributed by atoms with Crippen molar-refractivity contribution in [2.45, 2.75) is 6.42 Å². The van der Waals surface area contributed by atoms with E-state index in [1.54, 1.807) is 0 Å². The van der Waals surface area contributed by atoms with Crippen molar-refractivity contribution in [2.24, 2.45) is 4.99 Å². The van der Waals surface area contributed by atoms with Gasteiger partial charge in [-0.1, -0.05) is 127 Å². The largest absolute Gasteiger partial charge is 0.307 e.